The Morgan fingerprint density at radius 2 is 2.09 bits per heavy atom. The Labute approximate surface area is 140 Å². The maximum atomic E-state index is 12.4. The number of carbonyl (C=O) groups is 1. The first-order valence-electron chi connectivity index (χ1n) is 6.88. The molecule has 5 heteroatoms. The van der Waals surface area contributed by atoms with E-state index in [1.165, 1.54) is 11.8 Å². The number of thioether (sulfide) groups is 1. The topological polar surface area (TPSA) is 32.7 Å². The van der Waals surface area contributed by atoms with Gasteiger partial charge in [0, 0.05) is 17.3 Å². The van der Waals surface area contributed by atoms with Crippen molar-refractivity contribution < 1.29 is 4.79 Å². The lowest BCUT2D eigenvalue weighted by molar-refractivity contribution is -0.122. The third-order valence-electron chi connectivity index (χ3n) is 2.94. The predicted molar refractivity (Wildman–Crippen MR) is 96.0 cm³/mol. The summed E-state index contributed by atoms with van der Waals surface area (Å²) < 4.78 is 0. The van der Waals surface area contributed by atoms with Gasteiger partial charge < -0.3 is 0 Å². The van der Waals surface area contributed by atoms with Crippen molar-refractivity contribution in [2.75, 3.05) is 12.3 Å². The highest BCUT2D eigenvalue weighted by Crippen LogP contribution is 2.24. The highest BCUT2D eigenvalue weighted by atomic mass is 35.5. The number of aliphatic imine (C=N–C) groups is 1. The predicted octanol–water partition coefficient (Wildman–Crippen LogP) is 4.37. The Morgan fingerprint density at radius 3 is 2.73 bits per heavy atom. The summed E-state index contributed by atoms with van der Waals surface area (Å²) in [4.78, 5) is 18.6. The van der Waals surface area contributed by atoms with Crippen LogP contribution < -0.4 is 0 Å². The molecule has 0 unspecified atom stereocenters. The Hall–Kier alpha value is -1.78. The van der Waals surface area contributed by atoms with Crippen molar-refractivity contribution in [2.45, 2.75) is 6.92 Å². The van der Waals surface area contributed by atoms with E-state index in [1.54, 1.807) is 29.2 Å². The molecule has 1 aliphatic heterocycles. The molecule has 1 aliphatic rings. The van der Waals surface area contributed by atoms with Crippen LogP contribution in [0.3, 0.4) is 0 Å². The first-order chi connectivity index (χ1) is 10.7. The molecule has 1 aromatic rings. The van der Waals surface area contributed by atoms with Crippen LogP contribution in [0.15, 0.2) is 59.8 Å². The molecule has 22 heavy (non-hydrogen) atoms. The fraction of sp³-hybridized carbons (Fsp3) is 0.176. The molecular weight excluding hydrogens is 316 g/mol. The van der Waals surface area contributed by atoms with Crippen LogP contribution in [0.2, 0.25) is 5.02 Å². The molecule has 0 fully saturated rings. The molecule has 0 spiro atoms. The first kappa shape index (κ1) is 16.6. The third-order valence-corrected chi connectivity index (χ3v) is 4.12. The van der Waals surface area contributed by atoms with E-state index < -0.39 is 0 Å². The van der Waals surface area contributed by atoms with Crippen LogP contribution in [0.5, 0.6) is 0 Å². The Morgan fingerprint density at radius 1 is 1.36 bits per heavy atom. The minimum Gasteiger partial charge on any atom is -0.282 e. The molecule has 0 aliphatic carbocycles. The summed E-state index contributed by atoms with van der Waals surface area (Å²) in [7, 11) is 0. The second kappa shape index (κ2) is 8.01. The zero-order valence-corrected chi connectivity index (χ0v) is 13.9. The molecule has 0 N–H and O–H groups in total. The molecule has 1 heterocycles. The number of allylic oxidation sites excluding steroid dienone is 1. The van der Waals surface area contributed by atoms with Crippen molar-refractivity contribution >= 4 is 40.5 Å². The number of amidine groups is 1. The van der Waals surface area contributed by atoms with Gasteiger partial charge in [0.05, 0.1) is 0 Å². The standard InChI is InChI=1S/C17H17ClN2OS/c1-3-5-11-22-17-19-15(16(21)20(17)10-4-2)12-13-6-8-14(18)9-7-13/h3-9,12H,2,10-11H2,1H3/b5-3+,15-12-. The van der Waals surface area contributed by atoms with E-state index in [0.29, 0.717) is 22.4 Å². The van der Waals surface area contributed by atoms with Crippen LogP contribution in [0.25, 0.3) is 6.08 Å². The monoisotopic (exact) mass is 332 g/mol. The van der Waals surface area contributed by atoms with Gasteiger partial charge in [0.2, 0.25) is 0 Å². The van der Waals surface area contributed by atoms with E-state index in [9.17, 15) is 4.79 Å². The molecule has 0 radical (unpaired) electrons. The number of rotatable bonds is 5. The molecule has 1 aromatic carbocycles. The zero-order chi connectivity index (χ0) is 15.9. The van der Waals surface area contributed by atoms with Gasteiger partial charge in [0.15, 0.2) is 5.17 Å². The number of benzene rings is 1. The van der Waals surface area contributed by atoms with Crippen molar-refractivity contribution in [3.8, 4) is 0 Å². The molecule has 0 aromatic heterocycles. The SMILES string of the molecule is C=CCN1C(=O)/C(=C/c2ccc(Cl)cc2)N=C1SC/C=C/C. The zero-order valence-electron chi connectivity index (χ0n) is 12.3. The minimum atomic E-state index is -0.0992. The molecule has 0 atom stereocenters. The third kappa shape index (κ3) is 4.12. The molecule has 1 amide bonds. The van der Waals surface area contributed by atoms with Crippen molar-refractivity contribution in [1.29, 1.82) is 0 Å². The second-order valence-corrected chi connectivity index (χ2v) is 5.98. The van der Waals surface area contributed by atoms with E-state index in [0.717, 1.165) is 11.3 Å². The van der Waals surface area contributed by atoms with Crippen LogP contribution in [-0.2, 0) is 4.79 Å². The van der Waals surface area contributed by atoms with Gasteiger partial charge in [-0.2, -0.15) is 0 Å². The van der Waals surface area contributed by atoms with Crippen LogP contribution in [0, 0.1) is 0 Å². The summed E-state index contributed by atoms with van der Waals surface area (Å²) in [5.74, 6) is 0.683. The number of nitrogens with zero attached hydrogens (tertiary/aromatic N) is 2. The molecule has 0 bridgehead atoms. The summed E-state index contributed by atoms with van der Waals surface area (Å²) in [6.45, 7) is 6.13. The van der Waals surface area contributed by atoms with Crippen LogP contribution in [0.4, 0.5) is 0 Å². The smallest absolute Gasteiger partial charge is 0.278 e. The second-order valence-electron chi connectivity index (χ2n) is 4.56. The lowest BCUT2D eigenvalue weighted by Crippen LogP contribution is -2.30. The van der Waals surface area contributed by atoms with Crippen molar-refractivity contribution in [3.05, 3.63) is 65.4 Å². The van der Waals surface area contributed by atoms with Gasteiger partial charge in [-0.25, -0.2) is 4.99 Å². The lowest BCUT2D eigenvalue weighted by atomic mass is 10.2. The van der Waals surface area contributed by atoms with E-state index in [-0.39, 0.29) is 5.91 Å². The van der Waals surface area contributed by atoms with Gasteiger partial charge in [-0.1, -0.05) is 53.7 Å². The van der Waals surface area contributed by atoms with Gasteiger partial charge in [-0.05, 0) is 30.7 Å². The Kier molecular flexibility index (Phi) is 6.04. The highest BCUT2D eigenvalue weighted by molar-refractivity contribution is 8.14. The van der Waals surface area contributed by atoms with Gasteiger partial charge in [-0.3, -0.25) is 9.69 Å². The van der Waals surface area contributed by atoms with Crippen molar-refractivity contribution in [2.24, 2.45) is 4.99 Å². The fourth-order valence-electron chi connectivity index (χ4n) is 1.87. The number of amides is 1. The number of hydrogen-bond donors (Lipinski definition) is 0. The number of carbonyl (C=O) groups excluding carboxylic acids is 1. The quantitative estimate of drug-likeness (QED) is 0.592. The van der Waals surface area contributed by atoms with E-state index in [2.05, 4.69) is 11.6 Å². The van der Waals surface area contributed by atoms with Crippen molar-refractivity contribution in [1.82, 2.24) is 4.90 Å². The maximum absolute atomic E-state index is 12.4. The average Bonchev–Trinajstić information content (AvgIpc) is 2.79. The van der Waals surface area contributed by atoms with Crippen LogP contribution >= 0.6 is 23.4 Å². The van der Waals surface area contributed by atoms with E-state index in [1.807, 2.05) is 31.2 Å². The first-order valence-corrected chi connectivity index (χ1v) is 8.24. The fourth-order valence-corrected chi connectivity index (χ4v) is 2.91. The summed E-state index contributed by atoms with van der Waals surface area (Å²) in [6.07, 6.45) is 7.49. The minimum absolute atomic E-state index is 0.0992. The summed E-state index contributed by atoms with van der Waals surface area (Å²) in [5, 5.41) is 1.38. The van der Waals surface area contributed by atoms with Crippen LogP contribution in [0.1, 0.15) is 12.5 Å². The molecule has 3 nitrogen and oxygen atoms in total. The van der Waals surface area contributed by atoms with Gasteiger partial charge >= 0.3 is 0 Å². The highest BCUT2D eigenvalue weighted by Gasteiger charge is 2.29. The maximum Gasteiger partial charge on any atom is 0.278 e. The molecule has 2 rings (SSSR count). The number of hydrogen-bond acceptors (Lipinski definition) is 3. The summed E-state index contributed by atoms with van der Waals surface area (Å²) in [5.41, 5.74) is 1.34. The number of halogens is 1. The van der Waals surface area contributed by atoms with Gasteiger partial charge in [-0.15, -0.1) is 6.58 Å². The Bertz CT molecular complexity index is 647. The Balaban J connectivity index is 2.24. The van der Waals surface area contributed by atoms with Gasteiger partial charge in [0.25, 0.3) is 5.91 Å². The van der Waals surface area contributed by atoms with Crippen LogP contribution in [-0.4, -0.2) is 28.3 Å². The van der Waals surface area contributed by atoms with Crippen molar-refractivity contribution in [3.63, 3.8) is 0 Å². The average molecular weight is 333 g/mol. The molecular formula is C17H17ClN2OS. The lowest BCUT2D eigenvalue weighted by Gasteiger charge is -2.14. The molecule has 0 saturated heterocycles. The summed E-state index contributed by atoms with van der Waals surface area (Å²) in [6, 6.07) is 7.31. The molecule has 0 saturated carbocycles. The summed E-state index contributed by atoms with van der Waals surface area (Å²) >= 11 is 7.41. The van der Waals surface area contributed by atoms with E-state index >= 15 is 0 Å². The van der Waals surface area contributed by atoms with E-state index in [4.69, 9.17) is 11.6 Å². The van der Waals surface area contributed by atoms with Gasteiger partial charge in [0.1, 0.15) is 5.70 Å². The normalized spacial score (nSPS) is 16.6. The molecule has 114 valence electrons. The largest absolute Gasteiger partial charge is 0.282 e.